The molecule has 3 aromatic rings. The number of rotatable bonds is 13. The van der Waals surface area contributed by atoms with E-state index in [2.05, 4.69) is 10.3 Å². The lowest BCUT2D eigenvalue weighted by Gasteiger charge is -2.34. The van der Waals surface area contributed by atoms with Crippen molar-refractivity contribution >= 4 is 17.7 Å². The van der Waals surface area contributed by atoms with Gasteiger partial charge in [-0.2, -0.15) is 0 Å². The summed E-state index contributed by atoms with van der Waals surface area (Å²) in [5.41, 5.74) is 1.72. The van der Waals surface area contributed by atoms with E-state index in [4.69, 9.17) is 4.74 Å². The van der Waals surface area contributed by atoms with Crippen LogP contribution in [0.2, 0.25) is 0 Å². The number of carbonyl (C=O) groups excluding carboxylic acids is 3. The standard InChI is InChI=1S/C33H41F2N5O4/c1-5-22(2)31(41)37-30(23(3)44-4)33(43)40-17-6-7-28(40)19-38(18-16-24-8-10-25(34)11-9-24)32(42)29-20-39(21-36-29)27-14-12-26(35)13-15-27/h8-15,20-23,28,30H,5-7,16-19H2,1-4H3,(H,37,41)/t22-,23-,28+,30+/m1/s1. The molecule has 1 aromatic heterocycles. The quantitative estimate of drug-likeness (QED) is 0.310. The van der Waals surface area contributed by atoms with Crippen LogP contribution in [0.25, 0.3) is 5.69 Å². The molecule has 0 aliphatic carbocycles. The summed E-state index contributed by atoms with van der Waals surface area (Å²) in [4.78, 5) is 48.2. The summed E-state index contributed by atoms with van der Waals surface area (Å²) >= 11 is 0. The molecular formula is C33H41F2N5O4. The molecule has 0 spiro atoms. The van der Waals surface area contributed by atoms with Crippen LogP contribution in [0.1, 0.15) is 56.1 Å². The van der Waals surface area contributed by atoms with Gasteiger partial charge >= 0.3 is 0 Å². The molecule has 0 unspecified atom stereocenters. The molecule has 11 heteroatoms. The lowest BCUT2D eigenvalue weighted by Crippen LogP contribution is -2.57. The molecule has 0 saturated carbocycles. The van der Waals surface area contributed by atoms with Crippen molar-refractivity contribution < 1.29 is 27.9 Å². The van der Waals surface area contributed by atoms with E-state index >= 15 is 0 Å². The number of methoxy groups -OCH3 is 1. The Hall–Kier alpha value is -4.12. The zero-order chi connectivity index (χ0) is 31.8. The number of hydrogen-bond acceptors (Lipinski definition) is 5. The third-order valence-electron chi connectivity index (χ3n) is 8.35. The maximum Gasteiger partial charge on any atom is 0.274 e. The van der Waals surface area contributed by atoms with Gasteiger partial charge in [0.1, 0.15) is 29.7 Å². The first-order chi connectivity index (χ1) is 21.1. The fourth-order valence-electron chi connectivity index (χ4n) is 5.29. The number of benzene rings is 2. The molecule has 2 heterocycles. The minimum atomic E-state index is -0.864. The highest BCUT2D eigenvalue weighted by molar-refractivity contribution is 5.92. The molecule has 2 aromatic carbocycles. The Bertz CT molecular complexity index is 1410. The van der Waals surface area contributed by atoms with Crippen molar-refractivity contribution in [1.82, 2.24) is 24.7 Å². The normalized spacial score (nSPS) is 16.8. The average molecular weight is 610 g/mol. The van der Waals surface area contributed by atoms with Crippen molar-refractivity contribution in [1.29, 1.82) is 0 Å². The van der Waals surface area contributed by atoms with Gasteiger partial charge in [-0.3, -0.25) is 14.4 Å². The first kappa shape index (κ1) is 32.8. The molecule has 0 radical (unpaired) electrons. The number of carbonyl (C=O) groups is 3. The number of ether oxygens (including phenoxy) is 1. The number of hydrogen-bond donors (Lipinski definition) is 1. The van der Waals surface area contributed by atoms with Crippen molar-refractivity contribution in [3.63, 3.8) is 0 Å². The highest BCUT2D eigenvalue weighted by Gasteiger charge is 2.38. The third kappa shape index (κ3) is 8.07. The molecule has 1 aliphatic heterocycles. The van der Waals surface area contributed by atoms with Crippen LogP contribution in [-0.2, 0) is 20.7 Å². The second-order valence-electron chi connectivity index (χ2n) is 11.3. The Morgan fingerprint density at radius 3 is 2.36 bits per heavy atom. The van der Waals surface area contributed by atoms with Crippen molar-refractivity contribution in [3.05, 3.63) is 83.9 Å². The Morgan fingerprint density at radius 2 is 1.73 bits per heavy atom. The van der Waals surface area contributed by atoms with Crippen molar-refractivity contribution in [2.24, 2.45) is 5.92 Å². The number of nitrogens with zero attached hydrogens (tertiary/aromatic N) is 4. The van der Waals surface area contributed by atoms with Gasteiger partial charge in [-0.1, -0.05) is 26.0 Å². The zero-order valence-electron chi connectivity index (χ0n) is 25.7. The minimum absolute atomic E-state index is 0.205. The van der Waals surface area contributed by atoms with Gasteiger partial charge in [0, 0.05) is 50.6 Å². The van der Waals surface area contributed by atoms with E-state index in [9.17, 15) is 23.2 Å². The van der Waals surface area contributed by atoms with Crippen LogP contribution in [0.5, 0.6) is 0 Å². The SMILES string of the molecule is CC[C@@H](C)C(=O)N[C@H](C(=O)N1CCC[C@H]1CN(CCc1ccc(F)cc1)C(=O)c1cn(-c2ccc(F)cc2)cn1)[C@@H](C)OC. The van der Waals surface area contributed by atoms with Gasteiger partial charge in [-0.25, -0.2) is 13.8 Å². The monoisotopic (exact) mass is 609 g/mol. The predicted octanol–water partition coefficient (Wildman–Crippen LogP) is 4.39. The van der Waals surface area contributed by atoms with Crippen LogP contribution in [0, 0.1) is 17.6 Å². The van der Waals surface area contributed by atoms with Gasteiger partial charge in [0.15, 0.2) is 0 Å². The van der Waals surface area contributed by atoms with Crippen LogP contribution in [0.3, 0.4) is 0 Å². The van der Waals surface area contributed by atoms with E-state index in [1.54, 1.807) is 51.8 Å². The molecule has 1 saturated heterocycles. The maximum absolute atomic E-state index is 13.9. The van der Waals surface area contributed by atoms with E-state index < -0.39 is 12.1 Å². The largest absolute Gasteiger partial charge is 0.379 e. The van der Waals surface area contributed by atoms with Gasteiger partial charge in [0.05, 0.1) is 6.10 Å². The van der Waals surface area contributed by atoms with Crippen LogP contribution in [0.4, 0.5) is 8.78 Å². The van der Waals surface area contributed by atoms with Gasteiger partial charge in [-0.05, 0) is 74.6 Å². The second-order valence-corrected chi connectivity index (χ2v) is 11.3. The highest BCUT2D eigenvalue weighted by Crippen LogP contribution is 2.22. The third-order valence-corrected chi connectivity index (χ3v) is 8.35. The van der Waals surface area contributed by atoms with Gasteiger partial charge in [0.2, 0.25) is 11.8 Å². The molecule has 1 aliphatic rings. The van der Waals surface area contributed by atoms with Crippen molar-refractivity contribution in [2.45, 2.75) is 64.6 Å². The van der Waals surface area contributed by atoms with Gasteiger partial charge < -0.3 is 24.4 Å². The average Bonchev–Trinajstić information content (AvgIpc) is 3.72. The Labute approximate surface area is 257 Å². The predicted molar refractivity (Wildman–Crippen MR) is 162 cm³/mol. The number of likely N-dealkylation sites (tertiary alicyclic amines) is 1. The number of halogens is 2. The van der Waals surface area contributed by atoms with E-state index in [0.29, 0.717) is 38.0 Å². The number of nitrogens with one attached hydrogen (secondary N) is 1. The molecule has 44 heavy (non-hydrogen) atoms. The van der Waals surface area contributed by atoms with E-state index in [0.717, 1.165) is 12.0 Å². The van der Waals surface area contributed by atoms with Crippen LogP contribution >= 0.6 is 0 Å². The fourth-order valence-corrected chi connectivity index (χ4v) is 5.29. The second kappa shape index (κ2) is 15.1. The summed E-state index contributed by atoms with van der Waals surface area (Å²) in [6.45, 7) is 6.54. The van der Waals surface area contributed by atoms with E-state index in [1.165, 1.54) is 37.7 Å². The smallest absolute Gasteiger partial charge is 0.274 e. The van der Waals surface area contributed by atoms with Crippen LogP contribution in [-0.4, -0.2) is 82.0 Å². The molecule has 3 amide bonds. The van der Waals surface area contributed by atoms with Gasteiger partial charge in [0.25, 0.3) is 5.91 Å². The topological polar surface area (TPSA) is 96.8 Å². The number of amides is 3. The first-order valence-electron chi connectivity index (χ1n) is 15.1. The van der Waals surface area contributed by atoms with Crippen molar-refractivity contribution in [3.8, 4) is 5.69 Å². The highest BCUT2D eigenvalue weighted by atomic mass is 19.1. The molecule has 4 rings (SSSR count). The summed E-state index contributed by atoms with van der Waals surface area (Å²) in [6, 6.07) is 10.8. The molecular weight excluding hydrogens is 568 g/mol. The summed E-state index contributed by atoms with van der Waals surface area (Å²) in [7, 11) is 1.50. The molecule has 236 valence electrons. The summed E-state index contributed by atoms with van der Waals surface area (Å²) in [6.07, 6.45) is 5.09. The molecule has 1 fully saturated rings. The van der Waals surface area contributed by atoms with Crippen molar-refractivity contribution in [2.75, 3.05) is 26.7 Å². The first-order valence-corrected chi connectivity index (χ1v) is 15.1. The Kier molecular flexibility index (Phi) is 11.2. The molecule has 9 nitrogen and oxygen atoms in total. The summed E-state index contributed by atoms with van der Waals surface area (Å²) in [5, 5.41) is 2.89. The fraction of sp³-hybridized carbons (Fsp3) is 0.455. The maximum atomic E-state index is 13.9. The summed E-state index contributed by atoms with van der Waals surface area (Å²) in [5.74, 6) is -1.73. The molecule has 0 bridgehead atoms. The number of imidazole rings is 1. The molecule has 4 atom stereocenters. The molecule has 1 N–H and O–H groups in total. The number of aromatic nitrogens is 2. The van der Waals surface area contributed by atoms with Crippen LogP contribution < -0.4 is 5.32 Å². The zero-order valence-corrected chi connectivity index (χ0v) is 25.7. The van der Waals surface area contributed by atoms with E-state index in [1.807, 2.05) is 13.8 Å². The Morgan fingerprint density at radius 1 is 1.07 bits per heavy atom. The lowest BCUT2D eigenvalue weighted by molar-refractivity contribution is -0.141. The van der Waals surface area contributed by atoms with Crippen LogP contribution in [0.15, 0.2) is 61.1 Å². The van der Waals surface area contributed by atoms with E-state index in [-0.39, 0.29) is 53.6 Å². The van der Waals surface area contributed by atoms with Gasteiger partial charge in [-0.15, -0.1) is 0 Å². The summed E-state index contributed by atoms with van der Waals surface area (Å²) < 4.78 is 34.1. The lowest BCUT2D eigenvalue weighted by atomic mass is 10.1. The Balaban J connectivity index is 1.56. The minimum Gasteiger partial charge on any atom is -0.379 e.